The monoisotopic (exact) mass is 343 g/mol. The highest BCUT2D eigenvalue weighted by Crippen LogP contribution is 2.26. The van der Waals surface area contributed by atoms with E-state index in [1.165, 1.54) is 0 Å². The Kier molecular flexibility index (Phi) is 4.34. The third-order valence-corrected chi connectivity index (χ3v) is 4.49. The lowest BCUT2D eigenvalue weighted by Gasteiger charge is -2.33. The Hall–Kier alpha value is -2.15. The number of nitrogens with one attached hydrogen (secondary N) is 2. The number of aromatic nitrogens is 4. The van der Waals surface area contributed by atoms with Gasteiger partial charge >= 0.3 is 0 Å². The van der Waals surface area contributed by atoms with Crippen LogP contribution in [0.3, 0.4) is 0 Å². The molecule has 0 aliphatic carbocycles. The van der Waals surface area contributed by atoms with Gasteiger partial charge in [0.2, 0.25) is 0 Å². The molecule has 2 aromatic heterocycles. The topological polar surface area (TPSA) is 69.8 Å². The fraction of sp³-hybridized carbons (Fsp3) is 0.294. The molecular formula is C17H18ClN5O. The fourth-order valence-corrected chi connectivity index (χ4v) is 3.08. The van der Waals surface area contributed by atoms with E-state index in [4.69, 9.17) is 16.3 Å². The third-order valence-electron chi connectivity index (χ3n) is 4.23. The van der Waals surface area contributed by atoms with Crippen molar-refractivity contribution >= 4 is 11.6 Å². The molecule has 0 bridgehead atoms. The number of H-pyrrole nitrogens is 2. The highest BCUT2D eigenvalue weighted by molar-refractivity contribution is 6.30. The number of imidazole rings is 2. The summed E-state index contributed by atoms with van der Waals surface area (Å²) in [5.74, 6) is 0.916. The Bertz CT molecular complexity index is 784. The van der Waals surface area contributed by atoms with Gasteiger partial charge in [-0.1, -0.05) is 23.7 Å². The molecular weight excluding hydrogens is 326 g/mol. The summed E-state index contributed by atoms with van der Waals surface area (Å²) >= 11 is 5.96. The Morgan fingerprint density at radius 3 is 2.92 bits per heavy atom. The quantitative estimate of drug-likeness (QED) is 0.764. The van der Waals surface area contributed by atoms with Crippen molar-refractivity contribution < 1.29 is 4.74 Å². The molecule has 0 unspecified atom stereocenters. The number of halogens is 1. The van der Waals surface area contributed by atoms with Crippen LogP contribution in [0.1, 0.15) is 17.6 Å². The highest BCUT2D eigenvalue weighted by Gasteiger charge is 2.27. The predicted molar refractivity (Wildman–Crippen MR) is 91.6 cm³/mol. The molecule has 6 nitrogen and oxygen atoms in total. The Morgan fingerprint density at radius 1 is 1.25 bits per heavy atom. The van der Waals surface area contributed by atoms with E-state index in [0.29, 0.717) is 6.61 Å². The molecule has 1 saturated heterocycles. The molecule has 0 amide bonds. The van der Waals surface area contributed by atoms with E-state index in [1.807, 2.05) is 36.7 Å². The van der Waals surface area contributed by atoms with Gasteiger partial charge in [0.25, 0.3) is 0 Å². The molecule has 1 aliphatic rings. The molecule has 0 radical (unpaired) electrons. The number of ether oxygens (including phenoxy) is 1. The zero-order chi connectivity index (χ0) is 16.4. The van der Waals surface area contributed by atoms with Crippen molar-refractivity contribution in [3.8, 4) is 11.3 Å². The molecule has 3 aromatic rings. The minimum absolute atomic E-state index is 0.100. The van der Waals surface area contributed by atoms with Gasteiger partial charge in [-0.25, -0.2) is 9.97 Å². The first kappa shape index (κ1) is 15.4. The average Bonchev–Trinajstić information content (AvgIpc) is 3.28. The summed E-state index contributed by atoms with van der Waals surface area (Å²) < 4.78 is 5.67. The summed E-state index contributed by atoms with van der Waals surface area (Å²) in [7, 11) is 0. The SMILES string of the molecule is Clc1ccc(-c2cnc([C@@H]3COCCN3Cc3cnc[nH]3)[nH]2)cc1. The van der Waals surface area contributed by atoms with Crippen molar-refractivity contribution in [3.63, 3.8) is 0 Å². The van der Waals surface area contributed by atoms with Gasteiger partial charge in [0.15, 0.2) is 0 Å². The van der Waals surface area contributed by atoms with Crippen molar-refractivity contribution in [2.45, 2.75) is 12.6 Å². The van der Waals surface area contributed by atoms with Crippen LogP contribution in [0.2, 0.25) is 5.02 Å². The van der Waals surface area contributed by atoms with Crippen LogP contribution in [0.5, 0.6) is 0 Å². The van der Waals surface area contributed by atoms with Crippen molar-refractivity contribution in [2.75, 3.05) is 19.8 Å². The normalized spacial score (nSPS) is 18.8. The van der Waals surface area contributed by atoms with Gasteiger partial charge in [-0.15, -0.1) is 0 Å². The maximum absolute atomic E-state index is 5.96. The Balaban J connectivity index is 1.56. The van der Waals surface area contributed by atoms with Crippen LogP contribution < -0.4 is 0 Å². The fourth-order valence-electron chi connectivity index (χ4n) is 2.95. The molecule has 0 spiro atoms. The number of benzene rings is 1. The van der Waals surface area contributed by atoms with Crippen LogP contribution in [0.15, 0.2) is 43.0 Å². The number of hydrogen-bond acceptors (Lipinski definition) is 4. The van der Waals surface area contributed by atoms with Crippen LogP contribution in [-0.2, 0) is 11.3 Å². The summed E-state index contributed by atoms with van der Waals surface area (Å²) in [6.45, 7) is 3.02. The van der Waals surface area contributed by atoms with E-state index >= 15 is 0 Å². The van der Waals surface area contributed by atoms with Gasteiger partial charge in [0, 0.05) is 30.0 Å². The van der Waals surface area contributed by atoms with Gasteiger partial charge in [-0.3, -0.25) is 4.90 Å². The minimum atomic E-state index is 0.100. The number of hydrogen-bond donors (Lipinski definition) is 2. The van der Waals surface area contributed by atoms with E-state index in [1.54, 1.807) is 6.33 Å². The first-order valence-electron chi connectivity index (χ1n) is 7.89. The molecule has 1 fully saturated rings. The van der Waals surface area contributed by atoms with Crippen LogP contribution >= 0.6 is 11.6 Å². The lowest BCUT2D eigenvalue weighted by atomic mass is 10.2. The highest BCUT2D eigenvalue weighted by atomic mass is 35.5. The summed E-state index contributed by atoms with van der Waals surface area (Å²) in [5.41, 5.74) is 3.13. The van der Waals surface area contributed by atoms with Gasteiger partial charge in [-0.05, 0) is 17.7 Å². The van der Waals surface area contributed by atoms with Crippen molar-refractivity contribution in [3.05, 3.63) is 59.5 Å². The second-order valence-corrected chi connectivity index (χ2v) is 6.26. The molecule has 7 heteroatoms. The summed E-state index contributed by atoms with van der Waals surface area (Å²) in [6.07, 6.45) is 5.42. The molecule has 124 valence electrons. The maximum atomic E-state index is 5.96. The van der Waals surface area contributed by atoms with Gasteiger partial charge in [0.1, 0.15) is 5.82 Å². The number of morpholine rings is 1. The molecule has 1 aromatic carbocycles. The summed E-state index contributed by atoms with van der Waals surface area (Å²) in [4.78, 5) is 17.6. The van der Waals surface area contributed by atoms with Gasteiger partial charge in [0.05, 0.1) is 37.5 Å². The average molecular weight is 344 g/mol. The maximum Gasteiger partial charge on any atom is 0.126 e. The molecule has 4 rings (SSSR count). The Morgan fingerprint density at radius 2 is 2.12 bits per heavy atom. The summed E-state index contributed by atoms with van der Waals surface area (Å²) in [6, 6.07) is 7.83. The van der Waals surface area contributed by atoms with Crippen molar-refractivity contribution in [2.24, 2.45) is 0 Å². The van der Waals surface area contributed by atoms with E-state index < -0.39 is 0 Å². The standard InChI is InChI=1S/C17H18ClN5O/c18-13-3-1-12(2-4-13)15-8-20-17(22-15)16-10-24-6-5-23(16)9-14-7-19-11-21-14/h1-4,7-8,11,16H,5-6,9-10H2,(H,19,21)(H,20,22)/t16-/m0/s1. The minimum Gasteiger partial charge on any atom is -0.378 e. The van der Waals surface area contributed by atoms with Crippen LogP contribution in [0.25, 0.3) is 11.3 Å². The first-order chi connectivity index (χ1) is 11.8. The smallest absolute Gasteiger partial charge is 0.126 e. The van der Waals surface area contributed by atoms with Crippen LogP contribution in [0, 0.1) is 0 Å². The predicted octanol–water partition coefficient (Wildman–Crippen LogP) is 3.03. The van der Waals surface area contributed by atoms with E-state index in [-0.39, 0.29) is 6.04 Å². The molecule has 3 heterocycles. The molecule has 1 aliphatic heterocycles. The third kappa shape index (κ3) is 3.21. The molecule has 24 heavy (non-hydrogen) atoms. The number of rotatable bonds is 4. The molecule has 2 N–H and O–H groups in total. The van der Waals surface area contributed by atoms with Crippen molar-refractivity contribution in [1.82, 2.24) is 24.8 Å². The van der Waals surface area contributed by atoms with E-state index in [9.17, 15) is 0 Å². The lowest BCUT2D eigenvalue weighted by Crippen LogP contribution is -2.39. The van der Waals surface area contributed by atoms with Gasteiger partial charge < -0.3 is 14.7 Å². The van der Waals surface area contributed by atoms with E-state index in [2.05, 4.69) is 24.8 Å². The second-order valence-electron chi connectivity index (χ2n) is 5.83. The largest absolute Gasteiger partial charge is 0.378 e. The Labute approximate surface area is 144 Å². The zero-order valence-corrected chi connectivity index (χ0v) is 13.8. The molecule has 0 saturated carbocycles. The second kappa shape index (κ2) is 6.76. The number of nitrogens with zero attached hydrogens (tertiary/aromatic N) is 3. The zero-order valence-electron chi connectivity index (χ0n) is 13.1. The number of aromatic amines is 2. The van der Waals surface area contributed by atoms with Crippen LogP contribution in [-0.4, -0.2) is 44.6 Å². The first-order valence-corrected chi connectivity index (χ1v) is 8.27. The lowest BCUT2D eigenvalue weighted by molar-refractivity contribution is -0.0161. The van der Waals surface area contributed by atoms with Crippen LogP contribution in [0.4, 0.5) is 0 Å². The molecule has 1 atom stereocenters. The van der Waals surface area contributed by atoms with Gasteiger partial charge in [-0.2, -0.15) is 0 Å². The van der Waals surface area contributed by atoms with Crippen molar-refractivity contribution in [1.29, 1.82) is 0 Å². The summed E-state index contributed by atoms with van der Waals surface area (Å²) in [5, 5.41) is 0.727. The van der Waals surface area contributed by atoms with E-state index in [0.717, 1.165) is 47.5 Å².